The third-order valence-corrected chi connectivity index (χ3v) is 7.39. The number of carbonyl (C=O) groups excluding carboxylic acids is 4. The van der Waals surface area contributed by atoms with Gasteiger partial charge in [-0.05, 0) is 48.8 Å². The average Bonchev–Trinajstić information content (AvgIpc) is 3.26. The first-order chi connectivity index (χ1) is 17.3. The third kappa shape index (κ3) is 8.22. The first kappa shape index (κ1) is 28.0. The summed E-state index contributed by atoms with van der Waals surface area (Å²) in [7, 11) is 0. The normalized spacial score (nSPS) is 20.8. The van der Waals surface area contributed by atoms with Gasteiger partial charge in [-0.2, -0.15) is 0 Å². The van der Waals surface area contributed by atoms with Crippen LogP contribution in [0, 0.1) is 17.8 Å². The fourth-order valence-corrected chi connectivity index (χ4v) is 5.36. The zero-order valence-corrected chi connectivity index (χ0v) is 21.9. The fourth-order valence-electron chi connectivity index (χ4n) is 5.16. The van der Waals surface area contributed by atoms with Gasteiger partial charge < -0.3 is 25.5 Å². The summed E-state index contributed by atoms with van der Waals surface area (Å²) in [5.41, 5.74) is 0.846. The standard InChI is InChI=1S/C27H38ClN3O5/c1-17(2)24(19-9-6-10-21(28)14-19)31-27(35)36-23(13-18-7-4-3-5-8-18)26(34)30-22(16-32)15-20-11-12-29-25(20)33/h6,9-10,14,16-18,20,22-24H,3-5,7-8,11-13,15H2,1-2H3,(H,29,33)(H,30,34)(H,31,35)/t20-,22-,23-,24?/m0/s1. The zero-order valence-electron chi connectivity index (χ0n) is 21.1. The molecule has 8 nitrogen and oxygen atoms in total. The first-order valence-electron chi connectivity index (χ1n) is 13.0. The van der Waals surface area contributed by atoms with Crippen molar-refractivity contribution in [3.05, 3.63) is 34.9 Å². The van der Waals surface area contributed by atoms with Gasteiger partial charge in [0, 0.05) is 17.5 Å². The van der Waals surface area contributed by atoms with Crippen molar-refractivity contribution < 1.29 is 23.9 Å². The second-order valence-corrected chi connectivity index (χ2v) is 10.8. The molecular weight excluding hydrogens is 482 g/mol. The predicted octanol–water partition coefficient (Wildman–Crippen LogP) is 4.31. The van der Waals surface area contributed by atoms with Crippen LogP contribution < -0.4 is 16.0 Å². The van der Waals surface area contributed by atoms with Crippen molar-refractivity contribution in [3.63, 3.8) is 0 Å². The molecule has 1 saturated heterocycles. The van der Waals surface area contributed by atoms with E-state index in [4.69, 9.17) is 16.3 Å². The SMILES string of the molecule is CC(C)C(NC(=O)O[C@@H](CC1CCCCC1)C(=O)N[C@H](C=O)C[C@@H]1CCNC1=O)c1cccc(Cl)c1. The molecule has 3 N–H and O–H groups in total. The summed E-state index contributed by atoms with van der Waals surface area (Å²) in [6.07, 6.45) is 5.48. The zero-order chi connectivity index (χ0) is 26.1. The van der Waals surface area contributed by atoms with Crippen LogP contribution in [0.3, 0.4) is 0 Å². The van der Waals surface area contributed by atoms with Gasteiger partial charge in [-0.1, -0.05) is 69.7 Å². The lowest BCUT2D eigenvalue weighted by Gasteiger charge is -2.28. The monoisotopic (exact) mass is 519 g/mol. The summed E-state index contributed by atoms with van der Waals surface area (Å²) in [5.74, 6) is -0.600. The summed E-state index contributed by atoms with van der Waals surface area (Å²) in [5, 5.41) is 8.92. The van der Waals surface area contributed by atoms with Gasteiger partial charge in [0.05, 0.1) is 12.1 Å². The van der Waals surface area contributed by atoms with Crippen molar-refractivity contribution >= 4 is 35.8 Å². The topological polar surface area (TPSA) is 114 Å². The Hall–Kier alpha value is -2.61. The molecule has 36 heavy (non-hydrogen) atoms. The highest BCUT2D eigenvalue weighted by atomic mass is 35.5. The molecule has 1 aliphatic heterocycles. The Morgan fingerprint density at radius 1 is 1.14 bits per heavy atom. The number of nitrogens with one attached hydrogen (secondary N) is 3. The molecule has 2 aliphatic rings. The molecule has 1 aromatic carbocycles. The molecule has 198 valence electrons. The predicted molar refractivity (Wildman–Crippen MR) is 137 cm³/mol. The van der Waals surface area contributed by atoms with Gasteiger partial charge in [-0.25, -0.2) is 4.79 Å². The Labute approximate surface area is 218 Å². The molecule has 2 fully saturated rings. The van der Waals surface area contributed by atoms with E-state index >= 15 is 0 Å². The summed E-state index contributed by atoms with van der Waals surface area (Å²) >= 11 is 6.15. The van der Waals surface area contributed by atoms with Crippen LogP contribution in [0.2, 0.25) is 5.02 Å². The fraction of sp³-hybridized carbons (Fsp3) is 0.630. The number of aldehydes is 1. The molecule has 1 aromatic rings. The molecule has 1 heterocycles. The number of alkyl carbamates (subject to hydrolysis) is 1. The molecular formula is C27H38ClN3O5. The van der Waals surface area contributed by atoms with Crippen LogP contribution in [0.5, 0.6) is 0 Å². The molecule has 4 atom stereocenters. The van der Waals surface area contributed by atoms with E-state index in [1.165, 1.54) is 6.42 Å². The van der Waals surface area contributed by atoms with Crippen LogP contribution in [0.4, 0.5) is 4.79 Å². The molecule has 0 radical (unpaired) electrons. The summed E-state index contributed by atoms with van der Waals surface area (Å²) in [4.78, 5) is 49.8. The van der Waals surface area contributed by atoms with E-state index in [1.54, 1.807) is 12.1 Å². The van der Waals surface area contributed by atoms with Crippen molar-refractivity contribution in [2.45, 2.75) is 83.4 Å². The van der Waals surface area contributed by atoms with Gasteiger partial charge in [0.25, 0.3) is 5.91 Å². The number of carbonyl (C=O) groups is 4. The largest absolute Gasteiger partial charge is 0.436 e. The van der Waals surface area contributed by atoms with Crippen molar-refractivity contribution in [2.75, 3.05) is 6.54 Å². The lowest BCUT2D eigenvalue weighted by molar-refractivity contribution is -0.133. The van der Waals surface area contributed by atoms with E-state index in [-0.39, 0.29) is 36.1 Å². The molecule has 0 spiro atoms. The van der Waals surface area contributed by atoms with Gasteiger partial charge in [-0.3, -0.25) is 9.59 Å². The minimum Gasteiger partial charge on any atom is -0.436 e. The number of halogens is 1. The van der Waals surface area contributed by atoms with Gasteiger partial charge >= 0.3 is 6.09 Å². The van der Waals surface area contributed by atoms with Crippen LogP contribution in [0.15, 0.2) is 24.3 Å². The Bertz CT molecular complexity index is 918. The number of hydrogen-bond donors (Lipinski definition) is 3. The highest BCUT2D eigenvalue weighted by Crippen LogP contribution is 2.29. The maximum absolute atomic E-state index is 13.2. The second kappa shape index (κ2) is 13.6. The van der Waals surface area contributed by atoms with E-state index < -0.39 is 24.1 Å². The number of amides is 3. The Balaban J connectivity index is 1.68. The van der Waals surface area contributed by atoms with Crippen molar-refractivity contribution in [1.29, 1.82) is 0 Å². The maximum Gasteiger partial charge on any atom is 0.408 e. The molecule has 0 bridgehead atoms. The Kier molecular flexibility index (Phi) is 10.6. The van der Waals surface area contributed by atoms with E-state index in [9.17, 15) is 19.2 Å². The van der Waals surface area contributed by atoms with Crippen LogP contribution in [-0.4, -0.2) is 42.9 Å². The van der Waals surface area contributed by atoms with Crippen molar-refractivity contribution in [3.8, 4) is 0 Å². The minimum atomic E-state index is -1.03. The molecule has 1 saturated carbocycles. The van der Waals surface area contributed by atoms with Gasteiger partial charge in [-0.15, -0.1) is 0 Å². The second-order valence-electron chi connectivity index (χ2n) is 10.3. The van der Waals surface area contributed by atoms with E-state index in [2.05, 4.69) is 16.0 Å². The highest BCUT2D eigenvalue weighted by molar-refractivity contribution is 6.30. The Morgan fingerprint density at radius 2 is 1.89 bits per heavy atom. The maximum atomic E-state index is 13.2. The van der Waals surface area contributed by atoms with Crippen LogP contribution in [0.25, 0.3) is 0 Å². The summed E-state index contributed by atoms with van der Waals surface area (Å²) in [6, 6.07) is 6.11. The Morgan fingerprint density at radius 3 is 2.50 bits per heavy atom. The van der Waals surface area contributed by atoms with Crippen molar-refractivity contribution in [1.82, 2.24) is 16.0 Å². The lowest BCUT2D eigenvalue weighted by Crippen LogP contribution is -2.47. The molecule has 0 aromatic heterocycles. The van der Waals surface area contributed by atoms with Crippen molar-refractivity contribution in [2.24, 2.45) is 17.8 Å². The molecule has 3 amide bonds. The smallest absolute Gasteiger partial charge is 0.408 e. The molecule has 1 unspecified atom stereocenters. The quantitative estimate of drug-likeness (QED) is 0.377. The number of hydrogen-bond acceptors (Lipinski definition) is 5. The summed E-state index contributed by atoms with van der Waals surface area (Å²) in [6.45, 7) is 4.53. The van der Waals surface area contributed by atoms with Crippen LogP contribution in [0.1, 0.15) is 76.8 Å². The lowest BCUT2D eigenvalue weighted by atomic mass is 9.85. The molecule has 3 rings (SSSR count). The molecule has 9 heteroatoms. The number of ether oxygens (including phenoxy) is 1. The van der Waals surface area contributed by atoms with E-state index in [0.717, 1.165) is 31.2 Å². The molecule has 1 aliphatic carbocycles. The van der Waals surface area contributed by atoms with Gasteiger partial charge in [0.1, 0.15) is 6.29 Å². The van der Waals surface area contributed by atoms with Gasteiger partial charge in [0.15, 0.2) is 6.10 Å². The number of benzene rings is 1. The summed E-state index contributed by atoms with van der Waals surface area (Å²) < 4.78 is 5.69. The van der Waals surface area contributed by atoms with E-state index in [1.807, 2.05) is 26.0 Å². The van der Waals surface area contributed by atoms with Crippen LogP contribution in [-0.2, 0) is 19.1 Å². The van der Waals surface area contributed by atoms with Gasteiger partial charge in [0.2, 0.25) is 5.91 Å². The highest BCUT2D eigenvalue weighted by Gasteiger charge is 2.32. The third-order valence-electron chi connectivity index (χ3n) is 7.15. The first-order valence-corrected chi connectivity index (χ1v) is 13.4. The number of rotatable bonds is 11. The van der Waals surface area contributed by atoms with Crippen LogP contribution >= 0.6 is 11.6 Å². The minimum absolute atomic E-state index is 0.0543. The average molecular weight is 520 g/mol. The van der Waals surface area contributed by atoms with E-state index in [0.29, 0.717) is 30.7 Å².